The number of benzene rings is 2. The Morgan fingerprint density at radius 2 is 1.67 bits per heavy atom. The number of rotatable bonds is 5. The zero-order chi connectivity index (χ0) is 16.8. The average molecular weight is 382 g/mol. The Balaban J connectivity index is 1.59. The van der Waals surface area contributed by atoms with E-state index in [1.165, 1.54) is 0 Å². The maximum atomic E-state index is 12.2. The fraction of sp³-hybridized carbons (Fsp3) is 0.0526. The lowest BCUT2D eigenvalue weighted by Crippen LogP contribution is -2.11. The van der Waals surface area contributed by atoms with Crippen LogP contribution in [0.3, 0.4) is 0 Å². The van der Waals surface area contributed by atoms with Gasteiger partial charge in [-0.05, 0) is 60.2 Å². The molecule has 0 aliphatic heterocycles. The first-order chi connectivity index (χ1) is 11.7. The number of hydrogen-bond acceptors (Lipinski definition) is 3. The van der Waals surface area contributed by atoms with Gasteiger partial charge in [0, 0.05) is 40.3 Å². The zero-order valence-electron chi connectivity index (χ0n) is 12.9. The maximum absolute atomic E-state index is 12.2. The lowest BCUT2D eigenvalue weighted by Gasteiger charge is -2.09. The topological polar surface area (TPSA) is 54.0 Å². The Hall–Kier alpha value is -2.66. The number of hydrogen-bond donors (Lipinski definition) is 2. The van der Waals surface area contributed by atoms with Crippen molar-refractivity contribution in [1.29, 1.82) is 0 Å². The minimum atomic E-state index is -0.131. The summed E-state index contributed by atoms with van der Waals surface area (Å²) in [5.41, 5.74) is 3.53. The third-order valence-corrected chi connectivity index (χ3v) is 3.97. The van der Waals surface area contributed by atoms with E-state index in [9.17, 15) is 4.79 Å². The molecule has 0 atom stereocenters. The van der Waals surface area contributed by atoms with Gasteiger partial charge in [0.05, 0.1) is 0 Å². The number of halogens is 1. The Morgan fingerprint density at radius 1 is 0.958 bits per heavy atom. The van der Waals surface area contributed by atoms with Gasteiger partial charge in [0.25, 0.3) is 5.91 Å². The van der Waals surface area contributed by atoms with E-state index < -0.39 is 0 Å². The molecule has 0 aliphatic carbocycles. The summed E-state index contributed by atoms with van der Waals surface area (Å²) in [4.78, 5) is 16.2. The van der Waals surface area contributed by atoms with Gasteiger partial charge >= 0.3 is 0 Å². The minimum absolute atomic E-state index is 0.131. The van der Waals surface area contributed by atoms with Crippen LogP contribution in [-0.4, -0.2) is 10.9 Å². The Bertz CT molecular complexity index is 820. The molecule has 0 radical (unpaired) electrons. The van der Waals surface area contributed by atoms with Crippen LogP contribution in [0.15, 0.2) is 77.5 Å². The maximum Gasteiger partial charge on any atom is 0.255 e. The zero-order valence-corrected chi connectivity index (χ0v) is 14.5. The van der Waals surface area contributed by atoms with Crippen molar-refractivity contribution in [3.05, 3.63) is 88.7 Å². The van der Waals surface area contributed by atoms with Crippen LogP contribution in [0, 0.1) is 0 Å². The normalized spacial score (nSPS) is 10.2. The lowest BCUT2D eigenvalue weighted by atomic mass is 10.2. The summed E-state index contributed by atoms with van der Waals surface area (Å²) >= 11 is 3.37. The molecule has 0 bridgehead atoms. The molecule has 0 unspecified atom stereocenters. The molecule has 1 aromatic heterocycles. The molecule has 3 aromatic rings. The lowest BCUT2D eigenvalue weighted by molar-refractivity contribution is 0.102. The summed E-state index contributed by atoms with van der Waals surface area (Å²) in [6, 6.07) is 18.9. The molecule has 0 saturated heterocycles. The second-order valence-electron chi connectivity index (χ2n) is 5.25. The number of amides is 1. The molecular formula is C19H16BrN3O. The van der Waals surface area contributed by atoms with Gasteiger partial charge in [-0.15, -0.1) is 0 Å². The monoisotopic (exact) mass is 381 g/mol. The van der Waals surface area contributed by atoms with Gasteiger partial charge in [0.1, 0.15) is 0 Å². The Labute approximate surface area is 149 Å². The Morgan fingerprint density at radius 3 is 2.38 bits per heavy atom. The van der Waals surface area contributed by atoms with E-state index in [1.54, 1.807) is 24.5 Å². The van der Waals surface area contributed by atoms with Crippen LogP contribution in [0.2, 0.25) is 0 Å². The van der Waals surface area contributed by atoms with E-state index >= 15 is 0 Å². The van der Waals surface area contributed by atoms with Gasteiger partial charge in [-0.1, -0.05) is 22.0 Å². The van der Waals surface area contributed by atoms with Gasteiger partial charge in [0.2, 0.25) is 0 Å². The first-order valence-electron chi connectivity index (χ1n) is 7.50. The molecule has 1 amide bonds. The van der Waals surface area contributed by atoms with E-state index in [2.05, 4.69) is 31.5 Å². The van der Waals surface area contributed by atoms with E-state index in [0.717, 1.165) is 28.0 Å². The number of aromatic nitrogens is 1. The first-order valence-corrected chi connectivity index (χ1v) is 8.30. The summed E-state index contributed by atoms with van der Waals surface area (Å²) in [5, 5.41) is 6.22. The molecule has 0 fully saturated rings. The third kappa shape index (κ3) is 4.43. The largest absolute Gasteiger partial charge is 0.381 e. The predicted octanol–water partition coefficient (Wildman–Crippen LogP) is 4.71. The number of carbonyl (C=O) groups excluding carboxylic acids is 1. The van der Waals surface area contributed by atoms with E-state index in [0.29, 0.717) is 5.56 Å². The fourth-order valence-corrected chi connectivity index (χ4v) is 2.61. The fourth-order valence-electron chi connectivity index (χ4n) is 2.21. The smallest absolute Gasteiger partial charge is 0.255 e. The molecule has 120 valence electrons. The number of pyridine rings is 1. The molecule has 4 nitrogen and oxygen atoms in total. The van der Waals surface area contributed by atoms with E-state index in [-0.39, 0.29) is 5.91 Å². The molecular weight excluding hydrogens is 366 g/mol. The molecule has 1 heterocycles. The van der Waals surface area contributed by atoms with E-state index in [1.807, 2.05) is 48.5 Å². The predicted molar refractivity (Wildman–Crippen MR) is 100 cm³/mol. The van der Waals surface area contributed by atoms with Crippen LogP contribution >= 0.6 is 15.9 Å². The van der Waals surface area contributed by atoms with Crippen molar-refractivity contribution < 1.29 is 4.79 Å². The van der Waals surface area contributed by atoms with Crippen LogP contribution < -0.4 is 10.6 Å². The SMILES string of the molecule is O=C(Nc1ccc(NCc2ccncc2)cc1)c1cccc(Br)c1. The summed E-state index contributed by atoms with van der Waals surface area (Å²) in [6.07, 6.45) is 3.55. The van der Waals surface area contributed by atoms with Gasteiger partial charge < -0.3 is 10.6 Å². The second kappa shape index (κ2) is 7.75. The van der Waals surface area contributed by atoms with Crippen molar-refractivity contribution in [3.63, 3.8) is 0 Å². The van der Waals surface area contributed by atoms with Crippen molar-refractivity contribution in [2.24, 2.45) is 0 Å². The average Bonchev–Trinajstić information content (AvgIpc) is 2.62. The summed E-state index contributed by atoms with van der Waals surface area (Å²) in [5.74, 6) is -0.131. The van der Waals surface area contributed by atoms with Crippen molar-refractivity contribution >= 4 is 33.2 Å². The second-order valence-corrected chi connectivity index (χ2v) is 6.17. The highest BCUT2D eigenvalue weighted by molar-refractivity contribution is 9.10. The van der Waals surface area contributed by atoms with Crippen molar-refractivity contribution in [2.75, 3.05) is 10.6 Å². The number of nitrogens with one attached hydrogen (secondary N) is 2. The summed E-state index contributed by atoms with van der Waals surface area (Å²) in [7, 11) is 0. The van der Waals surface area contributed by atoms with Gasteiger partial charge in [-0.2, -0.15) is 0 Å². The molecule has 2 N–H and O–H groups in total. The quantitative estimate of drug-likeness (QED) is 0.672. The van der Waals surface area contributed by atoms with Crippen LogP contribution in [0.5, 0.6) is 0 Å². The number of anilines is 2. The highest BCUT2D eigenvalue weighted by Gasteiger charge is 2.06. The highest BCUT2D eigenvalue weighted by atomic mass is 79.9. The van der Waals surface area contributed by atoms with Crippen LogP contribution in [0.1, 0.15) is 15.9 Å². The molecule has 3 rings (SSSR count). The summed E-state index contributed by atoms with van der Waals surface area (Å²) < 4.78 is 0.880. The molecule has 0 spiro atoms. The molecule has 2 aromatic carbocycles. The molecule has 0 aliphatic rings. The number of carbonyl (C=O) groups is 1. The van der Waals surface area contributed by atoms with Crippen molar-refractivity contribution in [3.8, 4) is 0 Å². The van der Waals surface area contributed by atoms with Crippen molar-refractivity contribution in [1.82, 2.24) is 4.98 Å². The Kier molecular flexibility index (Phi) is 5.23. The van der Waals surface area contributed by atoms with Crippen molar-refractivity contribution in [2.45, 2.75) is 6.54 Å². The first kappa shape index (κ1) is 16.2. The third-order valence-electron chi connectivity index (χ3n) is 3.48. The van der Waals surface area contributed by atoms with Gasteiger partial charge in [-0.3, -0.25) is 9.78 Å². The molecule has 0 saturated carbocycles. The highest BCUT2D eigenvalue weighted by Crippen LogP contribution is 2.17. The van der Waals surface area contributed by atoms with E-state index in [4.69, 9.17) is 0 Å². The molecule has 5 heteroatoms. The van der Waals surface area contributed by atoms with Crippen LogP contribution in [-0.2, 0) is 6.54 Å². The van der Waals surface area contributed by atoms with Gasteiger partial charge in [-0.25, -0.2) is 0 Å². The minimum Gasteiger partial charge on any atom is -0.381 e. The van der Waals surface area contributed by atoms with Crippen LogP contribution in [0.4, 0.5) is 11.4 Å². The summed E-state index contributed by atoms with van der Waals surface area (Å²) in [6.45, 7) is 0.728. The number of nitrogens with zero attached hydrogens (tertiary/aromatic N) is 1. The standard InChI is InChI=1S/C19H16BrN3O/c20-16-3-1-2-15(12-16)19(24)23-18-6-4-17(5-7-18)22-13-14-8-10-21-11-9-14/h1-12,22H,13H2,(H,23,24). The molecule has 24 heavy (non-hydrogen) atoms. The van der Waals surface area contributed by atoms with Gasteiger partial charge in [0.15, 0.2) is 0 Å². The van der Waals surface area contributed by atoms with Crippen LogP contribution in [0.25, 0.3) is 0 Å².